The van der Waals surface area contributed by atoms with Crippen molar-refractivity contribution in [3.63, 3.8) is 0 Å². The molecule has 3 rings (SSSR count). The summed E-state index contributed by atoms with van der Waals surface area (Å²) in [7, 11) is 0. The summed E-state index contributed by atoms with van der Waals surface area (Å²) in [6.07, 6.45) is 3.91. The van der Waals surface area contributed by atoms with E-state index < -0.39 is 0 Å². The van der Waals surface area contributed by atoms with E-state index in [2.05, 4.69) is 17.1 Å². The number of piperidine rings is 1. The van der Waals surface area contributed by atoms with E-state index in [1.807, 2.05) is 6.07 Å². The fraction of sp³-hybridized carbons (Fsp3) is 0.625. The Morgan fingerprint density at radius 1 is 1.40 bits per heavy atom. The molecule has 1 aromatic carbocycles. The largest absolute Gasteiger partial charge is 0.508 e. The summed E-state index contributed by atoms with van der Waals surface area (Å²) in [5.74, 6) is 1.12. The van der Waals surface area contributed by atoms with Crippen LogP contribution in [0.3, 0.4) is 0 Å². The molecular formula is C16H24N2O2. The van der Waals surface area contributed by atoms with Crippen molar-refractivity contribution in [2.45, 2.75) is 38.3 Å². The number of aromatic hydroxyl groups is 1. The van der Waals surface area contributed by atoms with E-state index in [1.54, 1.807) is 12.1 Å². The van der Waals surface area contributed by atoms with Crippen molar-refractivity contribution in [3.8, 4) is 11.5 Å². The third-order valence-corrected chi connectivity index (χ3v) is 4.47. The molecule has 1 aromatic rings. The van der Waals surface area contributed by atoms with Crippen LogP contribution in [0.25, 0.3) is 0 Å². The lowest BCUT2D eigenvalue weighted by molar-refractivity contribution is 0.147. The highest BCUT2D eigenvalue weighted by Gasteiger charge is 2.30. The number of rotatable bonds is 4. The second-order valence-electron chi connectivity index (χ2n) is 5.78. The third-order valence-electron chi connectivity index (χ3n) is 4.47. The number of phenols is 1. The van der Waals surface area contributed by atoms with Gasteiger partial charge in [0.15, 0.2) is 0 Å². The van der Waals surface area contributed by atoms with Crippen molar-refractivity contribution in [1.29, 1.82) is 0 Å². The Morgan fingerprint density at radius 2 is 2.30 bits per heavy atom. The summed E-state index contributed by atoms with van der Waals surface area (Å²) in [6.45, 7) is 6.14. The maximum absolute atomic E-state index is 9.54. The second-order valence-corrected chi connectivity index (χ2v) is 5.78. The summed E-state index contributed by atoms with van der Waals surface area (Å²) in [6, 6.07) is 6.40. The van der Waals surface area contributed by atoms with Crippen molar-refractivity contribution in [1.82, 2.24) is 10.2 Å². The lowest BCUT2D eigenvalue weighted by atomic mass is 10.0. The minimum atomic E-state index is 0.279. The summed E-state index contributed by atoms with van der Waals surface area (Å²) in [5.41, 5.74) is 1.21. The van der Waals surface area contributed by atoms with Crippen molar-refractivity contribution < 1.29 is 9.84 Å². The van der Waals surface area contributed by atoms with Gasteiger partial charge in [-0.05, 0) is 38.1 Å². The number of nitrogens with zero attached hydrogens (tertiary/aromatic N) is 1. The topological polar surface area (TPSA) is 44.7 Å². The van der Waals surface area contributed by atoms with Gasteiger partial charge in [-0.25, -0.2) is 0 Å². The van der Waals surface area contributed by atoms with Crippen molar-refractivity contribution in [2.24, 2.45) is 0 Å². The van der Waals surface area contributed by atoms with Crippen LogP contribution in [0.5, 0.6) is 11.5 Å². The zero-order valence-corrected chi connectivity index (χ0v) is 12.1. The molecule has 0 aliphatic carbocycles. The number of phenolic OH excluding ortho intramolecular Hbond substituents is 1. The number of benzene rings is 1. The van der Waals surface area contributed by atoms with Gasteiger partial charge in [-0.2, -0.15) is 0 Å². The average Bonchev–Trinajstić information content (AvgIpc) is 2.88. The molecule has 1 fully saturated rings. The van der Waals surface area contributed by atoms with Gasteiger partial charge >= 0.3 is 0 Å². The quantitative estimate of drug-likeness (QED) is 0.885. The molecule has 4 heteroatoms. The second kappa shape index (κ2) is 6.02. The summed E-state index contributed by atoms with van der Waals surface area (Å²) in [5, 5.41) is 13.2. The first-order valence-corrected chi connectivity index (χ1v) is 7.71. The van der Waals surface area contributed by atoms with Crippen molar-refractivity contribution >= 4 is 0 Å². The van der Waals surface area contributed by atoms with E-state index in [0.717, 1.165) is 25.4 Å². The first-order chi connectivity index (χ1) is 9.78. The highest BCUT2D eigenvalue weighted by atomic mass is 16.5. The Balaban J connectivity index is 1.71. The molecular weight excluding hydrogens is 252 g/mol. The van der Waals surface area contributed by atoms with Gasteiger partial charge in [-0.15, -0.1) is 0 Å². The Hall–Kier alpha value is -1.26. The molecule has 2 atom stereocenters. The molecule has 0 amide bonds. The smallest absolute Gasteiger partial charge is 0.127 e. The lowest BCUT2D eigenvalue weighted by Crippen LogP contribution is -2.45. The number of hydrogen-bond donors (Lipinski definition) is 2. The number of hydrogen-bond acceptors (Lipinski definition) is 4. The number of likely N-dealkylation sites (N-methyl/N-ethyl adjacent to an activating group) is 1. The minimum absolute atomic E-state index is 0.279. The van der Waals surface area contributed by atoms with Gasteiger partial charge in [0, 0.05) is 24.2 Å². The van der Waals surface area contributed by atoms with Gasteiger partial charge in [0.05, 0.1) is 6.04 Å². The fourth-order valence-corrected chi connectivity index (χ4v) is 3.32. The van der Waals surface area contributed by atoms with Crippen LogP contribution in [0.1, 0.15) is 37.8 Å². The summed E-state index contributed by atoms with van der Waals surface area (Å²) in [4.78, 5) is 2.49. The maximum Gasteiger partial charge on any atom is 0.127 e. The monoisotopic (exact) mass is 276 g/mol. The lowest BCUT2D eigenvalue weighted by Gasteiger charge is -2.33. The summed E-state index contributed by atoms with van der Waals surface area (Å²) < 4.78 is 5.74. The van der Waals surface area contributed by atoms with Crippen LogP contribution in [-0.2, 0) is 0 Å². The highest BCUT2D eigenvalue weighted by molar-refractivity contribution is 5.44. The zero-order valence-electron chi connectivity index (χ0n) is 12.1. The third kappa shape index (κ3) is 2.76. The first kappa shape index (κ1) is 13.7. The van der Waals surface area contributed by atoms with Gasteiger partial charge in [0.25, 0.3) is 0 Å². The molecule has 2 N–H and O–H groups in total. The van der Waals surface area contributed by atoms with Crippen LogP contribution in [0.15, 0.2) is 18.2 Å². The molecule has 2 heterocycles. The number of nitrogens with one attached hydrogen (secondary N) is 1. The van der Waals surface area contributed by atoms with Crippen LogP contribution < -0.4 is 10.1 Å². The van der Waals surface area contributed by atoms with Crippen LogP contribution in [0.4, 0.5) is 0 Å². The Kier molecular flexibility index (Phi) is 4.13. The number of ether oxygens (including phenoxy) is 1. The number of fused-ring (bicyclic) bond motifs is 1. The van der Waals surface area contributed by atoms with E-state index in [1.165, 1.54) is 24.8 Å². The minimum Gasteiger partial charge on any atom is -0.508 e. The maximum atomic E-state index is 9.54. The molecule has 0 saturated carbocycles. The van der Waals surface area contributed by atoms with Gasteiger partial charge in [-0.3, -0.25) is 4.90 Å². The molecule has 4 nitrogen and oxygen atoms in total. The fourth-order valence-electron chi connectivity index (χ4n) is 3.32. The molecule has 20 heavy (non-hydrogen) atoms. The zero-order chi connectivity index (χ0) is 13.9. The van der Waals surface area contributed by atoms with E-state index in [-0.39, 0.29) is 5.75 Å². The molecule has 110 valence electrons. The molecule has 2 aliphatic heterocycles. The van der Waals surface area contributed by atoms with Gasteiger partial charge in [0.2, 0.25) is 0 Å². The Morgan fingerprint density at radius 3 is 3.05 bits per heavy atom. The molecule has 1 saturated heterocycles. The molecule has 2 aliphatic rings. The standard InChI is InChI=1S/C16H24N2O2/c1-2-18(10-12-5-3-4-8-17-12)15-11-20-16-9-13(19)6-7-14(15)16/h6-7,9,12,15,17,19H,2-5,8,10-11H2,1H3. The molecule has 2 unspecified atom stereocenters. The SMILES string of the molecule is CCN(CC1CCCCN1)C1COc2cc(O)ccc21. The van der Waals surface area contributed by atoms with Gasteiger partial charge in [-0.1, -0.05) is 13.3 Å². The predicted octanol–water partition coefficient (Wildman–Crippen LogP) is 2.29. The first-order valence-electron chi connectivity index (χ1n) is 7.71. The Labute approximate surface area is 120 Å². The normalized spacial score (nSPS) is 25.5. The van der Waals surface area contributed by atoms with Crippen LogP contribution in [0, 0.1) is 0 Å². The van der Waals surface area contributed by atoms with Crippen molar-refractivity contribution in [2.75, 3.05) is 26.2 Å². The van der Waals surface area contributed by atoms with Gasteiger partial charge < -0.3 is 15.2 Å². The van der Waals surface area contributed by atoms with Crippen LogP contribution in [0.2, 0.25) is 0 Å². The highest BCUT2D eigenvalue weighted by Crippen LogP contribution is 2.38. The predicted molar refractivity (Wildman–Crippen MR) is 79.2 cm³/mol. The Bertz CT molecular complexity index is 458. The van der Waals surface area contributed by atoms with E-state index in [9.17, 15) is 5.11 Å². The van der Waals surface area contributed by atoms with Crippen LogP contribution >= 0.6 is 0 Å². The van der Waals surface area contributed by atoms with E-state index >= 15 is 0 Å². The molecule has 0 aromatic heterocycles. The summed E-state index contributed by atoms with van der Waals surface area (Å²) >= 11 is 0. The van der Waals surface area contributed by atoms with Gasteiger partial charge in [0.1, 0.15) is 18.1 Å². The van der Waals surface area contributed by atoms with Crippen LogP contribution in [-0.4, -0.2) is 42.3 Å². The average molecular weight is 276 g/mol. The van der Waals surface area contributed by atoms with E-state index in [4.69, 9.17) is 4.74 Å². The molecule has 0 radical (unpaired) electrons. The van der Waals surface area contributed by atoms with E-state index in [0.29, 0.717) is 18.7 Å². The molecule has 0 spiro atoms. The van der Waals surface area contributed by atoms with Crippen molar-refractivity contribution in [3.05, 3.63) is 23.8 Å². The molecule has 0 bridgehead atoms.